The van der Waals surface area contributed by atoms with Gasteiger partial charge in [0.1, 0.15) is 0 Å². The summed E-state index contributed by atoms with van der Waals surface area (Å²) in [7, 11) is 1.71. The summed E-state index contributed by atoms with van der Waals surface area (Å²) in [5, 5.41) is 6.12. The molecule has 7 heteroatoms. The van der Waals surface area contributed by atoms with Gasteiger partial charge in [0.2, 0.25) is 5.91 Å². The van der Waals surface area contributed by atoms with E-state index >= 15 is 0 Å². The number of piperidine rings is 1. The summed E-state index contributed by atoms with van der Waals surface area (Å²) in [5.41, 5.74) is 1.21. The van der Waals surface area contributed by atoms with E-state index < -0.39 is 0 Å². The van der Waals surface area contributed by atoms with Crippen LogP contribution in [0, 0.1) is 5.92 Å². The molecule has 1 aliphatic heterocycles. The summed E-state index contributed by atoms with van der Waals surface area (Å²) in [4.78, 5) is 18.7. The van der Waals surface area contributed by atoms with E-state index in [1.807, 2.05) is 18.2 Å². The number of carbonyl (C=O) groups is 1. The zero-order chi connectivity index (χ0) is 20.2. The molecule has 1 saturated heterocycles. The van der Waals surface area contributed by atoms with Gasteiger partial charge in [0.15, 0.2) is 5.96 Å². The summed E-state index contributed by atoms with van der Waals surface area (Å²) in [5.74, 6) is 1.60. The molecule has 1 heterocycles. The van der Waals surface area contributed by atoms with Crippen molar-refractivity contribution < 1.29 is 9.53 Å². The van der Waals surface area contributed by atoms with Gasteiger partial charge in [-0.2, -0.15) is 0 Å². The molecule has 2 rings (SSSR count). The highest BCUT2D eigenvalue weighted by atomic mass is 127. The lowest BCUT2D eigenvalue weighted by Crippen LogP contribution is -2.46. The molecule has 0 aromatic heterocycles. The van der Waals surface area contributed by atoms with Crippen LogP contribution < -0.4 is 10.6 Å². The molecule has 1 aliphatic rings. The van der Waals surface area contributed by atoms with Crippen LogP contribution in [0.3, 0.4) is 0 Å². The van der Waals surface area contributed by atoms with Crippen LogP contribution in [0.5, 0.6) is 0 Å². The Morgan fingerprint density at radius 3 is 2.59 bits per heavy atom. The Balaban J connectivity index is 0.00000420. The largest absolute Gasteiger partial charge is 0.374 e. The summed E-state index contributed by atoms with van der Waals surface area (Å²) >= 11 is 0. The molecular weight excluding hydrogens is 479 g/mol. The molecule has 0 aliphatic carbocycles. The van der Waals surface area contributed by atoms with Crippen LogP contribution in [-0.2, 0) is 9.53 Å². The van der Waals surface area contributed by atoms with Crippen molar-refractivity contribution in [1.29, 1.82) is 0 Å². The summed E-state index contributed by atoms with van der Waals surface area (Å²) < 4.78 is 5.94. The highest BCUT2D eigenvalue weighted by Crippen LogP contribution is 2.20. The van der Waals surface area contributed by atoms with Crippen LogP contribution in [0.2, 0.25) is 0 Å². The van der Waals surface area contributed by atoms with Crippen molar-refractivity contribution in [2.75, 3.05) is 39.8 Å². The molecule has 1 atom stereocenters. The fourth-order valence-electron chi connectivity index (χ4n) is 3.47. The van der Waals surface area contributed by atoms with Gasteiger partial charge in [-0.25, -0.2) is 0 Å². The van der Waals surface area contributed by atoms with Crippen molar-refractivity contribution in [2.45, 2.75) is 45.6 Å². The number of rotatable bonds is 9. The molecule has 0 spiro atoms. The van der Waals surface area contributed by atoms with Crippen molar-refractivity contribution in [3.63, 3.8) is 0 Å². The average molecular weight is 516 g/mol. The van der Waals surface area contributed by atoms with Gasteiger partial charge in [0.05, 0.1) is 6.10 Å². The first-order valence-corrected chi connectivity index (χ1v) is 10.5. The van der Waals surface area contributed by atoms with Crippen molar-refractivity contribution in [1.82, 2.24) is 15.5 Å². The molecule has 0 radical (unpaired) electrons. The second-order valence-corrected chi connectivity index (χ2v) is 7.32. The third kappa shape index (κ3) is 9.33. The number of guanidine groups is 1. The van der Waals surface area contributed by atoms with Crippen molar-refractivity contribution in [3.05, 3.63) is 35.9 Å². The molecule has 0 bridgehead atoms. The predicted octanol–water partition coefficient (Wildman–Crippen LogP) is 3.59. The highest BCUT2D eigenvalue weighted by Gasteiger charge is 2.22. The first-order chi connectivity index (χ1) is 13.6. The normalized spacial score (nSPS) is 16.1. The molecule has 1 aromatic carbocycles. The van der Waals surface area contributed by atoms with Crippen LogP contribution in [0.25, 0.3) is 0 Å². The Morgan fingerprint density at radius 1 is 1.28 bits per heavy atom. The molecule has 164 valence electrons. The van der Waals surface area contributed by atoms with Crippen LogP contribution in [0.1, 0.15) is 51.2 Å². The standard InChI is InChI=1S/C22H36N4O2.HI/c1-4-24-22(26-14-11-19(12-15-26)17-21(27)23-3)25-13-8-16-28-18(2)20-9-6-5-7-10-20;/h5-7,9-10,18-19H,4,8,11-17H2,1-3H3,(H,23,27)(H,24,25);1H. The number of carbonyl (C=O) groups excluding carboxylic acids is 1. The Morgan fingerprint density at radius 2 is 1.97 bits per heavy atom. The van der Waals surface area contributed by atoms with Gasteiger partial charge < -0.3 is 20.3 Å². The first kappa shape index (κ1) is 25.7. The average Bonchev–Trinajstić information content (AvgIpc) is 2.73. The van der Waals surface area contributed by atoms with Crippen molar-refractivity contribution in [3.8, 4) is 0 Å². The van der Waals surface area contributed by atoms with Crippen LogP contribution in [-0.4, -0.2) is 56.6 Å². The predicted molar refractivity (Wildman–Crippen MR) is 130 cm³/mol. The number of hydrogen-bond donors (Lipinski definition) is 2. The van der Waals surface area contributed by atoms with Gasteiger partial charge in [-0.15, -0.1) is 24.0 Å². The van der Waals surface area contributed by atoms with Crippen molar-refractivity contribution in [2.24, 2.45) is 10.9 Å². The number of benzene rings is 1. The van der Waals surface area contributed by atoms with Gasteiger partial charge in [0.25, 0.3) is 0 Å². The second kappa shape index (κ2) is 14.6. The molecule has 0 saturated carbocycles. The van der Waals surface area contributed by atoms with Gasteiger partial charge in [0, 0.05) is 46.3 Å². The lowest BCUT2D eigenvalue weighted by atomic mass is 9.93. The van der Waals surface area contributed by atoms with E-state index in [9.17, 15) is 4.79 Å². The van der Waals surface area contributed by atoms with Gasteiger partial charge in [-0.05, 0) is 44.6 Å². The lowest BCUT2D eigenvalue weighted by Gasteiger charge is -2.34. The monoisotopic (exact) mass is 516 g/mol. The zero-order valence-electron chi connectivity index (χ0n) is 18.0. The molecule has 1 fully saturated rings. The van der Waals surface area contributed by atoms with Gasteiger partial charge in [-0.1, -0.05) is 30.3 Å². The third-order valence-corrected chi connectivity index (χ3v) is 5.20. The minimum atomic E-state index is 0. The molecular formula is C22H37IN4O2. The second-order valence-electron chi connectivity index (χ2n) is 7.32. The maximum Gasteiger partial charge on any atom is 0.220 e. The SMILES string of the molecule is CCNC(=NCCCOC(C)c1ccccc1)N1CCC(CC(=O)NC)CC1.I. The quantitative estimate of drug-likeness (QED) is 0.228. The number of likely N-dealkylation sites (tertiary alicyclic amines) is 1. The number of ether oxygens (including phenoxy) is 1. The van der Waals surface area contributed by atoms with Crippen LogP contribution in [0.15, 0.2) is 35.3 Å². The number of amides is 1. The highest BCUT2D eigenvalue weighted by molar-refractivity contribution is 14.0. The summed E-state index contributed by atoms with van der Waals surface area (Å²) in [6, 6.07) is 10.3. The topological polar surface area (TPSA) is 66.0 Å². The minimum absolute atomic E-state index is 0. The minimum Gasteiger partial charge on any atom is -0.374 e. The molecule has 29 heavy (non-hydrogen) atoms. The van der Waals surface area contributed by atoms with E-state index in [2.05, 4.69) is 41.5 Å². The summed E-state index contributed by atoms with van der Waals surface area (Å²) in [6.45, 7) is 8.40. The Labute approximate surface area is 192 Å². The Bertz CT molecular complexity index is 604. The molecule has 1 amide bonds. The molecule has 2 N–H and O–H groups in total. The van der Waals surface area contributed by atoms with E-state index in [0.29, 0.717) is 18.9 Å². The fourth-order valence-corrected chi connectivity index (χ4v) is 3.47. The van der Waals surface area contributed by atoms with Crippen LogP contribution in [0.4, 0.5) is 0 Å². The van der Waals surface area contributed by atoms with E-state index in [1.165, 1.54) is 5.56 Å². The molecule has 1 unspecified atom stereocenters. The van der Waals surface area contributed by atoms with E-state index in [-0.39, 0.29) is 36.0 Å². The van der Waals surface area contributed by atoms with Crippen LogP contribution >= 0.6 is 24.0 Å². The number of halogens is 1. The molecule has 6 nitrogen and oxygen atoms in total. The Hall–Kier alpha value is -1.35. The van der Waals surface area contributed by atoms with Gasteiger partial charge in [-0.3, -0.25) is 9.79 Å². The van der Waals surface area contributed by atoms with E-state index in [1.54, 1.807) is 7.05 Å². The van der Waals surface area contributed by atoms with E-state index in [0.717, 1.165) is 51.4 Å². The number of nitrogens with zero attached hydrogens (tertiary/aromatic N) is 2. The number of nitrogens with one attached hydrogen (secondary N) is 2. The number of aliphatic imine (C=N–C) groups is 1. The zero-order valence-corrected chi connectivity index (χ0v) is 20.4. The van der Waals surface area contributed by atoms with Gasteiger partial charge >= 0.3 is 0 Å². The maximum atomic E-state index is 11.6. The number of hydrogen-bond acceptors (Lipinski definition) is 3. The first-order valence-electron chi connectivity index (χ1n) is 10.5. The van der Waals surface area contributed by atoms with Crippen molar-refractivity contribution >= 4 is 35.8 Å². The van der Waals surface area contributed by atoms with E-state index in [4.69, 9.17) is 9.73 Å². The lowest BCUT2D eigenvalue weighted by molar-refractivity contribution is -0.121. The fraction of sp³-hybridized carbons (Fsp3) is 0.636. The smallest absolute Gasteiger partial charge is 0.220 e. The third-order valence-electron chi connectivity index (χ3n) is 5.20. The summed E-state index contributed by atoms with van der Waals surface area (Å²) in [6.07, 6.45) is 3.72. The molecule has 1 aromatic rings. The maximum absolute atomic E-state index is 11.6. The Kier molecular flexibility index (Phi) is 12.9.